The van der Waals surface area contributed by atoms with Crippen molar-refractivity contribution in [3.63, 3.8) is 0 Å². The van der Waals surface area contributed by atoms with Crippen LogP contribution >= 0.6 is 0 Å². The smallest absolute Gasteiger partial charge is 0.416 e. The molecule has 1 aliphatic heterocycles. The van der Waals surface area contributed by atoms with E-state index in [2.05, 4.69) is 10.4 Å². The molecule has 5 aliphatic rings. The van der Waals surface area contributed by atoms with Crippen LogP contribution in [0.3, 0.4) is 0 Å². The number of ether oxygens (including phenoxy) is 1. The molecule has 4 aliphatic carbocycles. The predicted molar refractivity (Wildman–Crippen MR) is 94.4 cm³/mol. The molecule has 1 N–H and O–H groups in total. The van der Waals surface area contributed by atoms with Gasteiger partial charge in [0.25, 0.3) is 0 Å². The second-order valence-electron chi connectivity index (χ2n) is 8.84. The van der Waals surface area contributed by atoms with Gasteiger partial charge in [-0.1, -0.05) is 0 Å². The van der Waals surface area contributed by atoms with Crippen LogP contribution in [-0.2, 0) is 16.6 Å². The van der Waals surface area contributed by atoms with E-state index < -0.39 is 0 Å². The molecule has 0 spiro atoms. The van der Waals surface area contributed by atoms with Crippen LogP contribution in [0, 0.1) is 23.2 Å². The lowest BCUT2D eigenvalue weighted by Gasteiger charge is -2.55. The molecule has 1 aromatic rings. The van der Waals surface area contributed by atoms with Gasteiger partial charge >= 0.3 is 6.09 Å². The molecule has 7 heteroatoms. The number of anilines is 1. The Labute approximate surface area is 153 Å². The molecule has 1 unspecified atom stereocenters. The van der Waals surface area contributed by atoms with Gasteiger partial charge in [0.05, 0.1) is 19.3 Å². The zero-order chi connectivity index (χ0) is 17.9. The summed E-state index contributed by atoms with van der Waals surface area (Å²) >= 11 is 0. The molecule has 1 saturated heterocycles. The molecule has 26 heavy (non-hydrogen) atoms. The second-order valence-corrected chi connectivity index (χ2v) is 8.84. The highest BCUT2D eigenvalue weighted by atomic mass is 16.6. The van der Waals surface area contributed by atoms with Gasteiger partial charge in [-0.25, -0.2) is 4.79 Å². The van der Waals surface area contributed by atoms with E-state index in [9.17, 15) is 9.59 Å². The van der Waals surface area contributed by atoms with E-state index in [-0.39, 0.29) is 23.5 Å². The lowest BCUT2D eigenvalue weighted by molar-refractivity contribution is -0.146. The largest absolute Gasteiger partial charge is 0.442 e. The molecule has 140 valence electrons. The van der Waals surface area contributed by atoms with Gasteiger partial charge in [-0.2, -0.15) is 5.10 Å². The third-order valence-corrected chi connectivity index (χ3v) is 6.96. The standard InChI is InChI=1S/C19H26N4O3/c1-22-16(2-3-21-22)23-11-15(26-18(23)25)10-20-17(24)19-7-12-4-13(8-19)6-14(5-12)9-19/h2-3,12-15H,4-11H2,1H3,(H,20,24). The van der Waals surface area contributed by atoms with Crippen molar-refractivity contribution in [2.45, 2.75) is 44.6 Å². The quantitative estimate of drug-likeness (QED) is 0.894. The summed E-state index contributed by atoms with van der Waals surface area (Å²) in [6.45, 7) is 0.834. The highest BCUT2D eigenvalue weighted by molar-refractivity contribution is 5.89. The Morgan fingerprint density at radius 1 is 1.27 bits per heavy atom. The number of aryl methyl sites for hydroxylation is 1. The Bertz CT molecular complexity index is 708. The van der Waals surface area contributed by atoms with E-state index in [1.54, 1.807) is 28.9 Å². The van der Waals surface area contributed by atoms with Gasteiger partial charge in [-0.3, -0.25) is 14.4 Å². The van der Waals surface area contributed by atoms with E-state index in [0.717, 1.165) is 37.0 Å². The summed E-state index contributed by atoms with van der Waals surface area (Å²) in [7, 11) is 1.80. The van der Waals surface area contributed by atoms with Gasteiger partial charge in [0.15, 0.2) is 0 Å². The highest BCUT2D eigenvalue weighted by Crippen LogP contribution is 2.60. The number of hydrogen-bond donors (Lipinski definition) is 1. The van der Waals surface area contributed by atoms with Crippen LogP contribution in [-0.4, -0.2) is 41.0 Å². The summed E-state index contributed by atoms with van der Waals surface area (Å²) in [5, 5.41) is 7.22. The third-order valence-electron chi connectivity index (χ3n) is 6.96. The lowest BCUT2D eigenvalue weighted by atomic mass is 9.49. The second kappa shape index (κ2) is 5.72. The SMILES string of the molecule is Cn1nccc1N1CC(CNC(=O)C23CC4CC(CC(C4)C2)C3)OC1=O. The molecule has 7 nitrogen and oxygen atoms in total. The molecule has 0 aromatic carbocycles. The first-order chi connectivity index (χ1) is 12.5. The minimum atomic E-state index is -0.373. The van der Waals surface area contributed by atoms with Gasteiger partial charge in [0.1, 0.15) is 11.9 Å². The van der Waals surface area contributed by atoms with E-state index >= 15 is 0 Å². The maximum atomic E-state index is 13.0. The van der Waals surface area contributed by atoms with Gasteiger partial charge in [-0.05, 0) is 56.3 Å². The minimum absolute atomic E-state index is 0.154. The van der Waals surface area contributed by atoms with Crippen molar-refractivity contribution >= 4 is 17.8 Å². The number of hydrogen-bond acceptors (Lipinski definition) is 4. The Morgan fingerprint density at radius 3 is 2.50 bits per heavy atom. The highest BCUT2D eigenvalue weighted by Gasteiger charge is 2.54. The minimum Gasteiger partial charge on any atom is -0.442 e. The molecular weight excluding hydrogens is 332 g/mol. The van der Waals surface area contributed by atoms with Crippen molar-refractivity contribution in [2.75, 3.05) is 18.0 Å². The topological polar surface area (TPSA) is 76.5 Å². The van der Waals surface area contributed by atoms with E-state index in [1.807, 2.05) is 0 Å². The van der Waals surface area contributed by atoms with Crippen molar-refractivity contribution < 1.29 is 14.3 Å². The van der Waals surface area contributed by atoms with Crippen LogP contribution in [0.2, 0.25) is 0 Å². The Hall–Kier alpha value is -2.05. The number of aromatic nitrogens is 2. The van der Waals surface area contributed by atoms with E-state index in [4.69, 9.17) is 4.74 Å². The molecule has 0 radical (unpaired) electrons. The predicted octanol–water partition coefficient (Wildman–Crippen LogP) is 2.08. The van der Waals surface area contributed by atoms with Crippen LogP contribution in [0.4, 0.5) is 10.6 Å². The summed E-state index contributed by atoms with van der Waals surface area (Å²) in [5.74, 6) is 3.14. The van der Waals surface area contributed by atoms with Crippen LogP contribution in [0.5, 0.6) is 0 Å². The molecule has 1 atom stereocenters. The Balaban J connectivity index is 1.21. The van der Waals surface area contributed by atoms with Gasteiger partial charge in [-0.15, -0.1) is 0 Å². The first kappa shape index (κ1) is 16.1. The number of cyclic esters (lactones) is 1. The maximum absolute atomic E-state index is 13.0. The fourth-order valence-corrected chi connectivity index (χ4v) is 6.23. The molecule has 1 aromatic heterocycles. The first-order valence-corrected chi connectivity index (χ1v) is 9.77. The van der Waals surface area contributed by atoms with Crippen LogP contribution in [0.15, 0.2) is 12.3 Å². The molecule has 2 heterocycles. The third kappa shape index (κ3) is 2.51. The zero-order valence-corrected chi connectivity index (χ0v) is 15.2. The van der Waals surface area contributed by atoms with Crippen molar-refractivity contribution in [3.8, 4) is 0 Å². The number of carbonyl (C=O) groups excluding carboxylic acids is 2. The van der Waals surface area contributed by atoms with Gasteiger partial charge in [0, 0.05) is 18.5 Å². The molecule has 4 bridgehead atoms. The average molecular weight is 358 g/mol. The Morgan fingerprint density at radius 2 is 1.92 bits per heavy atom. The number of rotatable bonds is 4. The lowest BCUT2D eigenvalue weighted by Crippen LogP contribution is -2.54. The molecule has 5 fully saturated rings. The van der Waals surface area contributed by atoms with Crippen LogP contribution < -0.4 is 10.2 Å². The van der Waals surface area contributed by atoms with Crippen molar-refractivity contribution in [2.24, 2.45) is 30.2 Å². The number of amides is 2. The molecule has 2 amide bonds. The first-order valence-electron chi connectivity index (χ1n) is 9.77. The summed E-state index contributed by atoms with van der Waals surface area (Å²) in [6, 6.07) is 1.79. The number of carbonyl (C=O) groups is 2. The van der Waals surface area contributed by atoms with Gasteiger partial charge in [0.2, 0.25) is 5.91 Å². The average Bonchev–Trinajstić information content (AvgIpc) is 3.16. The van der Waals surface area contributed by atoms with Crippen LogP contribution in [0.25, 0.3) is 0 Å². The number of nitrogens with one attached hydrogen (secondary N) is 1. The summed E-state index contributed by atoms with van der Waals surface area (Å²) in [4.78, 5) is 26.7. The van der Waals surface area contributed by atoms with E-state index in [0.29, 0.717) is 18.9 Å². The fourth-order valence-electron chi connectivity index (χ4n) is 6.23. The molecule has 6 rings (SSSR count). The normalized spacial score (nSPS) is 37.9. The monoisotopic (exact) mass is 358 g/mol. The summed E-state index contributed by atoms with van der Waals surface area (Å²) in [5.41, 5.74) is -0.154. The fraction of sp³-hybridized carbons (Fsp3) is 0.737. The van der Waals surface area contributed by atoms with Gasteiger partial charge < -0.3 is 10.1 Å². The summed E-state index contributed by atoms with van der Waals surface area (Å²) in [6.07, 6.45) is 8.11. The zero-order valence-electron chi connectivity index (χ0n) is 15.2. The molecular formula is C19H26N4O3. The maximum Gasteiger partial charge on any atom is 0.416 e. The summed E-state index contributed by atoms with van der Waals surface area (Å²) < 4.78 is 7.10. The van der Waals surface area contributed by atoms with Crippen LogP contribution in [0.1, 0.15) is 38.5 Å². The van der Waals surface area contributed by atoms with E-state index in [1.165, 1.54) is 19.3 Å². The van der Waals surface area contributed by atoms with Crippen molar-refractivity contribution in [3.05, 3.63) is 12.3 Å². The Kier molecular flexibility index (Phi) is 3.56. The number of nitrogens with zero attached hydrogens (tertiary/aromatic N) is 3. The van der Waals surface area contributed by atoms with Crippen molar-refractivity contribution in [1.29, 1.82) is 0 Å². The van der Waals surface area contributed by atoms with Crippen molar-refractivity contribution in [1.82, 2.24) is 15.1 Å². The molecule has 4 saturated carbocycles.